The number of nitrogens with zero attached hydrogens (tertiary/aromatic N) is 2. The van der Waals surface area contributed by atoms with Gasteiger partial charge < -0.3 is 14.3 Å². The lowest BCUT2D eigenvalue weighted by Gasteiger charge is -2.05. The van der Waals surface area contributed by atoms with Gasteiger partial charge in [-0.05, 0) is 25.5 Å². The van der Waals surface area contributed by atoms with Crippen LogP contribution in [0.15, 0.2) is 16.5 Å². The van der Waals surface area contributed by atoms with Gasteiger partial charge in [-0.25, -0.2) is 9.78 Å². The van der Waals surface area contributed by atoms with Crippen LogP contribution in [0.5, 0.6) is 0 Å². The molecule has 0 saturated carbocycles. The number of carbonyl (C=O) groups is 1. The quantitative estimate of drug-likeness (QED) is 0.872. The highest BCUT2D eigenvalue weighted by Gasteiger charge is 2.12. The summed E-state index contributed by atoms with van der Waals surface area (Å²) in [4.78, 5) is 18.8. The van der Waals surface area contributed by atoms with Gasteiger partial charge in [0, 0.05) is 13.5 Å². The fourth-order valence-corrected chi connectivity index (χ4v) is 1.53. The molecule has 0 aromatic carbocycles. The number of hydrogen-bond acceptors (Lipinski definition) is 5. The molecule has 0 aliphatic carbocycles. The Balaban J connectivity index is 2.19. The van der Waals surface area contributed by atoms with Gasteiger partial charge in [0.05, 0.1) is 6.10 Å². The number of ether oxygens (including phenoxy) is 1. The molecule has 18 heavy (non-hydrogen) atoms. The fourth-order valence-electron chi connectivity index (χ4n) is 1.53. The van der Waals surface area contributed by atoms with Crippen molar-refractivity contribution in [1.29, 1.82) is 0 Å². The largest absolute Gasteiger partial charge is 0.477 e. The Labute approximate surface area is 104 Å². The zero-order valence-electron chi connectivity index (χ0n) is 10.2. The average molecular weight is 250 g/mol. The Morgan fingerprint density at radius 3 is 2.94 bits per heavy atom. The van der Waals surface area contributed by atoms with Gasteiger partial charge in [-0.15, -0.1) is 0 Å². The first-order valence-corrected chi connectivity index (χ1v) is 5.62. The Morgan fingerprint density at radius 2 is 2.28 bits per heavy atom. The maximum atomic E-state index is 10.8. The first-order valence-electron chi connectivity index (χ1n) is 5.62. The number of carboxylic acid groups (broad SMARTS) is 1. The van der Waals surface area contributed by atoms with Crippen LogP contribution in [0.1, 0.15) is 29.7 Å². The molecule has 1 atom stereocenters. The van der Waals surface area contributed by atoms with Crippen molar-refractivity contribution < 1.29 is 19.1 Å². The number of hydrogen-bond donors (Lipinski definition) is 1. The molecular formula is C12H14N2O4. The number of aromatic nitrogens is 2. The lowest BCUT2D eigenvalue weighted by molar-refractivity contribution is 0.0691. The number of rotatable bonds is 5. The molecule has 2 rings (SSSR count). The predicted octanol–water partition coefficient (Wildman–Crippen LogP) is 1.89. The van der Waals surface area contributed by atoms with Crippen LogP contribution >= 0.6 is 0 Å². The van der Waals surface area contributed by atoms with Gasteiger partial charge in [-0.2, -0.15) is 4.98 Å². The second-order valence-electron chi connectivity index (χ2n) is 4.02. The molecular weight excluding hydrogens is 236 g/mol. The summed E-state index contributed by atoms with van der Waals surface area (Å²) in [5.41, 5.74) is 0.794. The number of methoxy groups -OCH3 is 1. The number of aromatic carboxylic acids is 1. The molecule has 0 aliphatic rings. The molecule has 2 aromatic heterocycles. The Morgan fingerprint density at radius 1 is 1.50 bits per heavy atom. The smallest absolute Gasteiger partial charge is 0.354 e. The molecule has 0 bridgehead atoms. The topological polar surface area (TPSA) is 85.5 Å². The third-order valence-electron chi connectivity index (χ3n) is 2.68. The van der Waals surface area contributed by atoms with Gasteiger partial charge in [0.2, 0.25) is 0 Å². The number of pyridine rings is 1. The van der Waals surface area contributed by atoms with Gasteiger partial charge in [0.25, 0.3) is 0 Å². The maximum Gasteiger partial charge on any atom is 0.354 e. The molecule has 2 heterocycles. The van der Waals surface area contributed by atoms with E-state index in [4.69, 9.17) is 14.3 Å². The zero-order valence-corrected chi connectivity index (χ0v) is 10.2. The molecule has 0 aliphatic heterocycles. The second-order valence-corrected chi connectivity index (χ2v) is 4.02. The number of aryl methyl sites for hydroxylation is 1. The van der Waals surface area contributed by atoms with Crippen LogP contribution < -0.4 is 0 Å². The van der Waals surface area contributed by atoms with E-state index in [1.54, 1.807) is 13.2 Å². The molecule has 96 valence electrons. The van der Waals surface area contributed by atoms with Crippen LogP contribution in [-0.4, -0.2) is 34.3 Å². The molecule has 6 nitrogen and oxygen atoms in total. The summed E-state index contributed by atoms with van der Waals surface area (Å²) in [6.45, 7) is 1.96. The molecule has 0 amide bonds. The normalized spacial score (nSPS) is 12.8. The van der Waals surface area contributed by atoms with E-state index in [0.29, 0.717) is 23.5 Å². The van der Waals surface area contributed by atoms with Gasteiger partial charge in [-0.3, -0.25) is 0 Å². The Bertz CT molecular complexity index is 564. The summed E-state index contributed by atoms with van der Waals surface area (Å²) in [6, 6.07) is 2.97. The third-order valence-corrected chi connectivity index (χ3v) is 2.68. The summed E-state index contributed by atoms with van der Waals surface area (Å²) in [5, 5.41) is 8.82. The van der Waals surface area contributed by atoms with Crippen molar-refractivity contribution in [3.05, 3.63) is 23.7 Å². The Hall–Kier alpha value is -1.95. The van der Waals surface area contributed by atoms with Crippen molar-refractivity contribution in [2.24, 2.45) is 0 Å². The SMILES string of the molecule is COC(C)CCc1nc2nc(C(=O)O)ccc2o1. The van der Waals surface area contributed by atoms with E-state index in [-0.39, 0.29) is 11.8 Å². The van der Waals surface area contributed by atoms with E-state index in [1.807, 2.05) is 6.92 Å². The monoisotopic (exact) mass is 250 g/mol. The maximum absolute atomic E-state index is 10.8. The second kappa shape index (κ2) is 5.14. The van der Waals surface area contributed by atoms with Crippen molar-refractivity contribution in [1.82, 2.24) is 9.97 Å². The summed E-state index contributed by atoms with van der Waals surface area (Å²) in [5.74, 6) is -0.529. The van der Waals surface area contributed by atoms with Crippen LogP contribution in [0, 0.1) is 0 Å². The fraction of sp³-hybridized carbons (Fsp3) is 0.417. The molecule has 0 spiro atoms. The summed E-state index contributed by atoms with van der Waals surface area (Å²) in [6.07, 6.45) is 1.55. The van der Waals surface area contributed by atoms with Crippen molar-refractivity contribution in [2.75, 3.05) is 7.11 Å². The minimum absolute atomic E-state index is 0.0346. The number of oxazole rings is 1. The lowest BCUT2D eigenvalue weighted by atomic mass is 10.2. The van der Waals surface area contributed by atoms with Gasteiger partial charge >= 0.3 is 5.97 Å². The number of carboxylic acids is 1. The molecule has 0 radical (unpaired) electrons. The summed E-state index contributed by atoms with van der Waals surface area (Å²) < 4.78 is 10.6. The average Bonchev–Trinajstić information content (AvgIpc) is 2.77. The van der Waals surface area contributed by atoms with Crippen LogP contribution in [0.4, 0.5) is 0 Å². The van der Waals surface area contributed by atoms with E-state index >= 15 is 0 Å². The first kappa shape index (κ1) is 12.5. The molecule has 0 fully saturated rings. The summed E-state index contributed by atoms with van der Waals surface area (Å²) >= 11 is 0. The molecule has 6 heteroatoms. The van der Waals surface area contributed by atoms with E-state index < -0.39 is 5.97 Å². The highest BCUT2D eigenvalue weighted by atomic mass is 16.5. The van der Waals surface area contributed by atoms with Crippen LogP contribution in [0.3, 0.4) is 0 Å². The lowest BCUT2D eigenvalue weighted by Crippen LogP contribution is -2.05. The third kappa shape index (κ3) is 2.65. The van der Waals surface area contributed by atoms with Crippen molar-refractivity contribution in [3.8, 4) is 0 Å². The highest BCUT2D eigenvalue weighted by molar-refractivity contribution is 5.87. The first-order chi connectivity index (χ1) is 8.60. The minimum atomic E-state index is -1.07. The Kier molecular flexibility index (Phi) is 3.57. The van der Waals surface area contributed by atoms with Gasteiger partial charge in [0.1, 0.15) is 0 Å². The molecule has 0 saturated heterocycles. The van der Waals surface area contributed by atoms with Gasteiger partial charge in [0.15, 0.2) is 22.8 Å². The van der Waals surface area contributed by atoms with Crippen molar-refractivity contribution in [2.45, 2.75) is 25.9 Å². The van der Waals surface area contributed by atoms with E-state index in [2.05, 4.69) is 9.97 Å². The van der Waals surface area contributed by atoms with E-state index in [1.165, 1.54) is 6.07 Å². The number of fused-ring (bicyclic) bond motifs is 1. The van der Waals surface area contributed by atoms with Crippen molar-refractivity contribution >= 4 is 17.2 Å². The molecule has 1 N–H and O–H groups in total. The minimum Gasteiger partial charge on any atom is -0.477 e. The predicted molar refractivity (Wildman–Crippen MR) is 63.6 cm³/mol. The zero-order chi connectivity index (χ0) is 13.1. The molecule has 1 unspecified atom stereocenters. The van der Waals surface area contributed by atoms with Crippen LogP contribution in [0.25, 0.3) is 11.2 Å². The van der Waals surface area contributed by atoms with Gasteiger partial charge in [-0.1, -0.05) is 0 Å². The van der Waals surface area contributed by atoms with Crippen LogP contribution in [0.2, 0.25) is 0 Å². The van der Waals surface area contributed by atoms with E-state index in [9.17, 15) is 4.79 Å². The molecule has 2 aromatic rings. The van der Waals surface area contributed by atoms with Crippen molar-refractivity contribution in [3.63, 3.8) is 0 Å². The van der Waals surface area contributed by atoms with E-state index in [0.717, 1.165) is 6.42 Å². The highest BCUT2D eigenvalue weighted by Crippen LogP contribution is 2.16. The summed E-state index contributed by atoms with van der Waals surface area (Å²) in [7, 11) is 1.65. The van der Waals surface area contributed by atoms with Crippen LogP contribution in [-0.2, 0) is 11.2 Å². The standard InChI is InChI=1S/C12H14N2O4/c1-7(17-2)3-6-10-14-11-9(18-10)5-4-8(13-11)12(15)16/h4-5,7H,3,6H2,1-2H3,(H,15,16).